The Morgan fingerprint density at radius 3 is 1.88 bits per heavy atom. The molecule has 0 aromatic carbocycles. The van der Waals surface area contributed by atoms with Gasteiger partial charge in [0.05, 0.1) is 0 Å². The smallest absolute Gasteiger partial charge is 0.0348 e. The quantitative estimate of drug-likeness (QED) is 0.240. The highest BCUT2D eigenvalue weighted by Gasteiger charge is 1.89. The topological polar surface area (TPSA) is 0 Å². The highest BCUT2D eigenvalue weighted by Crippen LogP contribution is 2.09. The van der Waals surface area contributed by atoms with Gasteiger partial charge >= 0.3 is 0 Å². The van der Waals surface area contributed by atoms with Gasteiger partial charge in [0, 0.05) is 0 Å². The largest absolute Gasteiger partial charge is 0.0888 e. The minimum Gasteiger partial charge on any atom is -0.0888 e. The standard InChI is InChI=1S/C16H27/c1-3-5-7-9-11-13-15-16-14-12-10-8-6-4-2/h1,3,5-8H,4,9-16H2,2H3. The van der Waals surface area contributed by atoms with Crippen molar-refractivity contribution in [3.63, 3.8) is 0 Å². The zero-order valence-electron chi connectivity index (χ0n) is 10.8. The van der Waals surface area contributed by atoms with Crippen LogP contribution >= 0.6 is 0 Å². The molecular weight excluding hydrogens is 192 g/mol. The van der Waals surface area contributed by atoms with Gasteiger partial charge in [0.1, 0.15) is 0 Å². The molecule has 0 rings (SSSR count). The maximum atomic E-state index is 5.24. The molecule has 0 aliphatic rings. The molecule has 0 aromatic rings. The maximum Gasteiger partial charge on any atom is -0.0348 e. The third-order valence-electron chi connectivity index (χ3n) is 2.64. The summed E-state index contributed by atoms with van der Waals surface area (Å²) in [4.78, 5) is 0. The zero-order chi connectivity index (χ0) is 11.9. The molecule has 0 saturated carbocycles. The van der Waals surface area contributed by atoms with E-state index in [2.05, 4.69) is 25.2 Å². The summed E-state index contributed by atoms with van der Waals surface area (Å²) >= 11 is 0. The maximum absolute atomic E-state index is 5.24. The predicted octanol–water partition coefficient (Wildman–Crippen LogP) is 5.62. The molecule has 0 heterocycles. The van der Waals surface area contributed by atoms with Crippen LogP contribution in [0.3, 0.4) is 0 Å². The van der Waals surface area contributed by atoms with Gasteiger partial charge in [0.15, 0.2) is 0 Å². The molecule has 1 radical (unpaired) electrons. The molecule has 0 aliphatic heterocycles. The van der Waals surface area contributed by atoms with E-state index >= 15 is 0 Å². The lowest BCUT2D eigenvalue weighted by Crippen LogP contribution is -1.79. The molecule has 0 unspecified atom stereocenters. The zero-order valence-corrected chi connectivity index (χ0v) is 10.8. The fourth-order valence-electron chi connectivity index (χ4n) is 1.69. The van der Waals surface area contributed by atoms with Crippen molar-refractivity contribution in [1.82, 2.24) is 0 Å². The molecule has 0 fully saturated rings. The van der Waals surface area contributed by atoms with Crippen molar-refractivity contribution >= 4 is 0 Å². The summed E-state index contributed by atoms with van der Waals surface area (Å²) < 4.78 is 0. The Bertz CT molecular complexity index is 186. The van der Waals surface area contributed by atoms with Crippen molar-refractivity contribution in [3.8, 4) is 0 Å². The Kier molecular flexibility index (Phi) is 13.5. The normalized spacial score (nSPS) is 11.6. The van der Waals surface area contributed by atoms with E-state index in [0.29, 0.717) is 0 Å². The predicted molar refractivity (Wildman–Crippen MR) is 74.4 cm³/mol. The van der Waals surface area contributed by atoms with Crippen LogP contribution in [-0.4, -0.2) is 0 Å². The van der Waals surface area contributed by atoms with Crippen LogP contribution < -0.4 is 0 Å². The average molecular weight is 219 g/mol. The SMILES string of the molecule is [CH]=CC=CCCCCCCCCC=CCC. The van der Waals surface area contributed by atoms with Gasteiger partial charge in [0.2, 0.25) is 0 Å². The van der Waals surface area contributed by atoms with Crippen LogP contribution in [0, 0.1) is 6.58 Å². The Morgan fingerprint density at radius 2 is 1.31 bits per heavy atom. The number of hydrogen-bond acceptors (Lipinski definition) is 0. The van der Waals surface area contributed by atoms with Crippen molar-refractivity contribution in [2.45, 2.75) is 64.7 Å². The minimum atomic E-state index is 1.17. The number of allylic oxidation sites excluding steroid dienone is 5. The van der Waals surface area contributed by atoms with Crippen molar-refractivity contribution in [1.29, 1.82) is 0 Å². The summed E-state index contributed by atoms with van der Waals surface area (Å²) in [5.41, 5.74) is 0. The van der Waals surface area contributed by atoms with Crippen molar-refractivity contribution < 1.29 is 0 Å². The van der Waals surface area contributed by atoms with E-state index < -0.39 is 0 Å². The van der Waals surface area contributed by atoms with Crippen LogP contribution in [0.2, 0.25) is 0 Å². The fraction of sp³-hybridized carbons (Fsp3) is 0.625. The second-order valence-corrected chi connectivity index (χ2v) is 4.20. The molecule has 0 nitrogen and oxygen atoms in total. The van der Waals surface area contributed by atoms with E-state index in [-0.39, 0.29) is 0 Å². The molecule has 0 heteroatoms. The lowest BCUT2D eigenvalue weighted by atomic mass is 10.1. The summed E-state index contributed by atoms with van der Waals surface area (Å²) in [5.74, 6) is 0. The lowest BCUT2D eigenvalue weighted by Gasteiger charge is -1.99. The van der Waals surface area contributed by atoms with Crippen LogP contribution in [0.5, 0.6) is 0 Å². The number of rotatable bonds is 11. The fourth-order valence-corrected chi connectivity index (χ4v) is 1.69. The van der Waals surface area contributed by atoms with Crippen molar-refractivity contribution in [3.05, 3.63) is 37.0 Å². The molecule has 0 aromatic heterocycles. The highest BCUT2D eigenvalue weighted by atomic mass is 14.0. The molecule has 0 spiro atoms. The van der Waals surface area contributed by atoms with E-state index in [4.69, 9.17) is 6.58 Å². The second-order valence-electron chi connectivity index (χ2n) is 4.20. The van der Waals surface area contributed by atoms with Gasteiger partial charge in [-0.25, -0.2) is 0 Å². The van der Waals surface area contributed by atoms with Gasteiger partial charge in [-0.2, -0.15) is 0 Å². The lowest BCUT2D eigenvalue weighted by molar-refractivity contribution is 0.600. The van der Waals surface area contributed by atoms with E-state index in [9.17, 15) is 0 Å². The monoisotopic (exact) mass is 219 g/mol. The first-order valence-corrected chi connectivity index (χ1v) is 6.77. The van der Waals surface area contributed by atoms with Gasteiger partial charge in [-0.3, -0.25) is 0 Å². The molecule has 0 aliphatic carbocycles. The third-order valence-corrected chi connectivity index (χ3v) is 2.64. The number of hydrogen-bond donors (Lipinski definition) is 0. The van der Waals surface area contributed by atoms with Crippen LogP contribution in [0.15, 0.2) is 30.4 Å². The average Bonchev–Trinajstić information content (AvgIpc) is 2.31. The number of unbranched alkanes of at least 4 members (excludes halogenated alkanes) is 7. The highest BCUT2D eigenvalue weighted by molar-refractivity contribution is 4.95. The van der Waals surface area contributed by atoms with Gasteiger partial charge in [-0.05, 0) is 32.1 Å². The van der Waals surface area contributed by atoms with E-state index in [0.717, 1.165) is 0 Å². The third kappa shape index (κ3) is 13.2. The Hall–Kier alpha value is -0.780. The van der Waals surface area contributed by atoms with Gasteiger partial charge in [-0.15, -0.1) is 0 Å². The Morgan fingerprint density at radius 1 is 0.750 bits per heavy atom. The Balaban J connectivity index is 3.01. The van der Waals surface area contributed by atoms with Crippen molar-refractivity contribution in [2.75, 3.05) is 0 Å². The molecule has 0 N–H and O–H groups in total. The van der Waals surface area contributed by atoms with Crippen LogP contribution in [-0.2, 0) is 0 Å². The van der Waals surface area contributed by atoms with E-state index in [1.807, 2.05) is 6.08 Å². The van der Waals surface area contributed by atoms with Gasteiger partial charge in [0.25, 0.3) is 0 Å². The summed E-state index contributed by atoms with van der Waals surface area (Å²) in [7, 11) is 0. The molecule has 0 saturated heterocycles. The Labute approximate surface area is 102 Å². The van der Waals surface area contributed by atoms with Crippen LogP contribution in [0.1, 0.15) is 64.7 Å². The molecule has 0 amide bonds. The molecular formula is C16H27. The molecule has 91 valence electrons. The first-order chi connectivity index (χ1) is 7.91. The summed E-state index contributed by atoms with van der Waals surface area (Å²) in [6, 6.07) is 0. The van der Waals surface area contributed by atoms with Crippen LogP contribution in [0.25, 0.3) is 0 Å². The minimum absolute atomic E-state index is 1.17. The first-order valence-electron chi connectivity index (χ1n) is 6.77. The van der Waals surface area contributed by atoms with E-state index in [1.165, 1.54) is 57.8 Å². The van der Waals surface area contributed by atoms with Crippen molar-refractivity contribution in [2.24, 2.45) is 0 Å². The molecule has 0 atom stereocenters. The summed E-state index contributed by atoms with van der Waals surface area (Å²) in [6.45, 7) is 7.43. The summed E-state index contributed by atoms with van der Waals surface area (Å²) in [5, 5.41) is 0. The first kappa shape index (κ1) is 15.2. The van der Waals surface area contributed by atoms with Gasteiger partial charge in [-0.1, -0.05) is 69.6 Å². The second kappa shape index (κ2) is 14.2. The summed E-state index contributed by atoms with van der Waals surface area (Å²) in [6.07, 6.45) is 22.1. The van der Waals surface area contributed by atoms with Crippen LogP contribution in [0.4, 0.5) is 0 Å². The van der Waals surface area contributed by atoms with E-state index in [1.54, 1.807) is 6.08 Å². The molecule has 0 bridgehead atoms. The van der Waals surface area contributed by atoms with Gasteiger partial charge < -0.3 is 0 Å². The molecule has 16 heavy (non-hydrogen) atoms.